The van der Waals surface area contributed by atoms with Crippen molar-refractivity contribution < 1.29 is 30.7 Å². The van der Waals surface area contributed by atoms with Crippen LogP contribution in [0, 0.1) is 5.82 Å². The van der Waals surface area contributed by atoms with E-state index in [1.807, 2.05) is 0 Å². The fraction of sp³-hybridized carbons (Fsp3) is 0.263. The van der Waals surface area contributed by atoms with Crippen molar-refractivity contribution in [3.05, 3.63) is 64.1 Å². The van der Waals surface area contributed by atoms with Gasteiger partial charge in [-0.1, -0.05) is 21.0 Å². The second kappa shape index (κ2) is 9.16. The predicted molar refractivity (Wildman–Crippen MR) is 110 cm³/mol. The van der Waals surface area contributed by atoms with E-state index in [4.69, 9.17) is 4.74 Å². The number of rotatable bonds is 7. The highest BCUT2D eigenvalue weighted by atomic mass is 79.9. The van der Waals surface area contributed by atoms with Crippen molar-refractivity contribution in [2.24, 2.45) is 0 Å². The quantitative estimate of drug-likeness (QED) is 0.427. The molecule has 0 amide bonds. The van der Waals surface area contributed by atoms with Crippen LogP contribution in [-0.2, 0) is 22.7 Å². The first-order valence-corrected chi connectivity index (χ1v) is 11.5. The molecule has 1 atom stereocenters. The average molecular weight is 537 g/mol. The van der Waals surface area contributed by atoms with Gasteiger partial charge in [-0.15, -0.1) is 5.10 Å². The van der Waals surface area contributed by atoms with Crippen LogP contribution in [0.2, 0.25) is 0 Å². The Morgan fingerprint density at radius 3 is 2.41 bits per heavy atom. The normalized spacial score (nSPS) is 13.2. The van der Waals surface area contributed by atoms with Crippen LogP contribution in [-0.4, -0.2) is 23.2 Å². The lowest BCUT2D eigenvalue weighted by Crippen LogP contribution is -2.29. The number of aromatic nitrogens is 3. The molecule has 13 heteroatoms. The molecule has 3 aromatic rings. The molecule has 1 heterocycles. The average Bonchev–Trinajstić information content (AvgIpc) is 3.11. The van der Waals surface area contributed by atoms with E-state index in [0.29, 0.717) is 18.4 Å². The Kier molecular flexibility index (Phi) is 6.91. The van der Waals surface area contributed by atoms with E-state index in [1.54, 1.807) is 6.92 Å². The first kappa shape index (κ1) is 24.1. The molecule has 32 heavy (non-hydrogen) atoms. The number of alkyl halides is 3. The summed E-state index contributed by atoms with van der Waals surface area (Å²) >= 11 is 2.78. The smallest absolute Gasteiger partial charge is 0.417 e. The number of halogens is 5. The molecule has 7 nitrogen and oxygen atoms in total. The van der Waals surface area contributed by atoms with Crippen molar-refractivity contribution in [3.8, 4) is 11.8 Å². The zero-order chi connectivity index (χ0) is 23.7. The lowest BCUT2D eigenvalue weighted by Gasteiger charge is -2.16. The van der Waals surface area contributed by atoms with Gasteiger partial charge in [0.15, 0.2) is 5.82 Å². The second-order valence-electron chi connectivity index (χ2n) is 6.62. The lowest BCUT2D eigenvalue weighted by molar-refractivity contribution is -0.138. The molecule has 0 aliphatic rings. The van der Waals surface area contributed by atoms with Crippen LogP contribution in [0.25, 0.3) is 0 Å². The zero-order valence-corrected chi connectivity index (χ0v) is 19.1. The summed E-state index contributed by atoms with van der Waals surface area (Å²) in [5.41, 5.74) is -1.11. The van der Waals surface area contributed by atoms with E-state index in [2.05, 4.69) is 30.8 Å². The highest BCUT2D eigenvalue weighted by Gasteiger charge is 2.34. The summed E-state index contributed by atoms with van der Waals surface area (Å²) < 4.78 is 87.0. The first-order chi connectivity index (χ1) is 14.9. The third-order valence-electron chi connectivity index (χ3n) is 4.36. The summed E-state index contributed by atoms with van der Waals surface area (Å²) in [6.45, 7) is 3.52. The monoisotopic (exact) mass is 536 g/mol. The molecule has 2 aromatic carbocycles. The molecule has 1 aromatic heterocycles. The zero-order valence-electron chi connectivity index (χ0n) is 16.7. The number of nitrogens with one attached hydrogen (secondary N) is 1. The van der Waals surface area contributed by atoms with Crippen LogP contribution in [0.4, 0.5) is 17.6 Å². The lowest BCUT2D eigenvalue weighted by atomic mass is 10.2. The van der Waals surface area contributed by atoms with Crippen LogP contribution in [0.15, 0.2) is 51.8 Å². The summed E-state index contributed by atoms with van der Waals surface area (Å²) in [6.07, 6.45) is -4.73. The minimum Gasteiger partial charge on any atom is -0.424 e. The molecule has 0 saturated carbocycles. The van der Waals surface area contributed by atoms with Crippen molar-refractivity contribution >= 4 is 26.0 Å². The van der Waals surface area contributed by atoms with E-state index >= 15 is 0 Å². The van der Waals surface area contributed by atoms with Gasteiger partial charge in [-0.3, -0.25) is 4.57 Å². The molecule has 0 fully saturated rings. The second-order valence-corrected chi connectivity index (χ2v) is 9.19. The standard InChI is InChI=1S/C19H17BrF4N4O3S/c1-3-28-17(25-26-18(28)31-13-6-4-12(21)5-7-13)11(2)27-32(29,30)14-8-9-16(20)15(10-14)19(22,23)24/h4-11,27H,3H2,1-2H3/t11-/m1/s1. The third kappa shape index (κ3) is 5.27. The van der Waals surface area contributed by atoms with E-state index in [0.717, 1.165) is 12.1 Å². The number of ether oxygens (including phenoxy) is 1. The first-order valence-electron chi connectivity index (χ1n) is 9.18. The summed E-state index contributed by atoms with van der Waals surface area (Å²) in [7, 11) is -4.32. The Labute approximate surface area is 189 Å². The van der Waals surface area contributed by atoms with Crippen LogP contribution in [0.1, 0.15) is 31.3 Å². The number of benzene rings is 2. The maximum Gasteiger partial charge on any atom is 0.417 e. The molecule has 0 radical (unpaired) electrons. The Morgan fingerprint density at radius 2 is 1.81 bits per heavy atom. The molecule has 0 saturated heterocycles. The fourth-order valence-electron chi connectivity index (χ4n) is 2.84. The summed E-state index contributed by atoms with van der Waals surface area (Å²) in [4.78, 5) is -0.551. The Hall–Kier alpha value is -2.51. The van der Waals surface area contributed by atoms with Crippen LogP contribution in [0.5, 0.6) is 11.8 Å². The molecule has 172 valence electrons. The number of nitrogens with zero attached hydrogens (tertiary/aromatic N) is 3. The van der Waals surface area contributed by atoms with E-state index in [1.165, 1.54) is 35.8 Å². The maximum atomic E-state index is 13.1. The van der Waals surface area contributed by atoms with E-state index < -0.39 is 38.5 Å². The molecular weight excluding hydrogens is 520 g/mol. The van der Waals surface area contributed by atoms with Gasteiger partial charge in [0.25, 0.3) is 0 Å². The molecular formula is C19H17BrF4N4O3S. The van der Waals surface area contributed by atoms with Crippen LogP contribution < -0.4 is 9.46 Å². The predicted octanol–water partition coefficient (Wildman–Crippen LogP) is 5.05. The topological polar surface area (TPSA) is 86.1 Å². The van der Waals surface area contributed by atoms with Crippen LogP contribution >= 0.6 is 15.9 Å². The van der Waals surface area contributed by atoms with Crippen molar-refractivity contribution in [1.29, 1.82) is 0 Å². The maximum absolute atomic E-state index is 13.1. The van der Waals surface area contributed by atoms with Crippen molar-refractivity contribution in [2.75, 3.05) is 0 Å². The minimum absolute atomic E-state index is 0.0446. The molecule has 1 N–H and O–H groups in total. The third-order valence-corrected chi connectivity index (χ3v) is 6.59. The summed E-state index contributed by atoms with van der Waals surface area (Å²) in [5.74, 6) is 0.0313. The van der Waals surface area contributed by atoms with Gasteiger partial charge in [-0.25, -0.2) is 17.5 Å². The van der Waals surface area contributed by atoms with Gasteiger partial charge in [0.2, 0.25) is 10.0 Å². The fourth-order valence-corrected chi connectivity index (χ4v) is 4.54. The Bertz CT molecular complexity index is 1210. The Balaban J connectivity index is 1.86. The number of sulfonamides is 1. The minimum atomic E-state index is -4.73. The highest BCUT2D eigenvalue weighted by molar-refractivity contribution is 9.10. The van der Waals surface area contributed by atoms with Crippen LogP contribution in [0.3, 0.4) is 0 Å². The van der Waals surface area contributed by atoms with Crippen molar-refractivity contribution in [1.82, 2.24) is 19.5 Å². The Morgan fingerprint density at radius 1 is 1.16 bits per heavy atom. The van der Waals surface area contributed by atoms with E-state index in [9.17, 15) is 26.0 Å². The SMILES string of the molecule is CCn1c(Oc2ccc(F)cc2)nnc1[C@@H](C)NS(=O)(=O)c1ccc(Br)c(C(F)(F)F)c1. The number of hydrogen-bond donors (Lipinski definition) is 1. The molecule has 0 unspecified atom stereocenters. The van der Waals surface area contributed by atoms with Crippen molar-refractivity contribution in [2.45, 2.75) is 37.5 Å². The van der Waals surface area contributed by atoms with E-state index in [-0.39, 0.29) is 16.3 Å². The van der Waals surface area contributed by atoms with Gasteiger partial charge in [0.1, 0.15) is 11.6 Å². The van der Waals surface area contributed by atoms with Gasteiger partial charge in [0, 0.05) is 11.0 Å². The molecule has 0 aliphatic heterocycles. The van der Waals surface area contributed by atoms with Gasteiger partial charge in [-0.2, -0.15) is 13.2 Å². The molecule has 0 bridgehead atoms. The van der Waals surface area contributed by atoms with Gasteiger partial charge >= 0.3 is 12.2 Å². The van der Waals surface area contributed by atoms with Gasteiger partial charge in [0.05, 0.1) is 16.5 Å². The molecule has 3 rings (SSSR count). The molecule has 0 aliphatic carbocycles. The summed E-state index contributed by atoms with van der Waals surface area (Å²) in [6, 6.07) is 6.91. The molecule has 0 spiro atoms. The highest BCUT2D eigenvalue weighted by Crippen LogP contribution is 2.36. The van der Waals surface area contributed by atoms with Crippen molar-refractivity contribution in [3.63, 3.8) is 0 Å². The van der Waals surface area contributed by atoms with Gasteiger partial charge in [-0.05, 0) is 56.3 Å². The largest absolute Gasteiger partial charge is 0.424 e. The van der Waals surface area contributed by atoms with Gasteiger partial charge < -0.3 is 4.74 Å². The summed E-state index contributed by atoms with van der Waals surface area (Å²) in [5, 5.41) is 7.84. The number of hydrogen-bond acceptors (Lipinski definition) is 5.